The summed E-state index contributed by atoms with van der Waals surface area (Å²) in [4.78, 5) is 21.7. The number of aliphatic hydroxyl groups excluding tert-OH is 2. The van der Waals surface area contributed by atoms with Gasteiger partial charge in [0.2, 0.25) is 0 Å². The maximum atomic E-state index is 10.9. The molecule has 0 fully saturated rings. The summed E-state index contributed by atoms with van der Waals surface area (Å²) in [7, 11) is 0. The molecule has 2 unspecified atom stereocenters. The molecule has 0 aromatic carbocycles. The molecule has 0 aromatic rings. The molecule has 0 aliphatic rings. The smallest absolute Gasteiger partial charge is 0.331 e. The van der Waals surface area contributed by atoms with E-state index in [1.165, 1.54) is 0 Å². The molecule has 0 radical (unpaired) electrons. The van der Waals surface area contributed by atoms with Crippen molar-refractivity contribution < 1.29 is 29.3 Å². The third kappa shape index (κ3) is 12.6. The second-order valence-electron chi connectivity index (χ2n) is 2.90. The zero-order valence-corrected chi connectivity index (χ0v) is 22.9. The zero-order chi connectivity index (χ0) is 12.6. The van der Waals surface area contributed by atoms with Gasteiger partial charge in [-0.25, -0.2) is 9.59 Å². The SMILES string of the molecule is [CH2-]C(O)COC(=O)/C=C\C(=O)OCC([CH2-])O.[Rf].[Rf]. The Kier molecular flexibility index (Phi) is 11.3. The average molecular weight is 764 g/mol. The van der Waals surface area contributed by atoms with Crippen LogP contribution in [0.4, 0.5) is 0 Å². The molecule has 2 atom stereocenters. The summed E-state index contributed by atoms with van der Waals surface area (Å²) in [5, 5.41) is 17.4. The predicted octanol–water partition coefficient (Wildman–Crippen LogP) is -0.981. The minimum absolute atomic E-state index is 0. The Morgan fingerprint density at radius 3 is 1.44 bits per heavy atom. The number of hydrogen-bond donors (Lipinski definition) is 2. The molecule has 6 nitrogen and oxygen atoms in total. The Morgan fingerprint density at radius 2 is 1.22 bits per heavy atom. The largest absolute Gasteiger partial charge is 0.463 e. The Balaban J connectivity index is -0.00000112. The van der Waals surface area contributed by atoms with E-state index in [4.69, 9.17) is 10.2 Å². The average Bonchev–Trinajstić information content (AvgIpc) is 2.20. The summed E-state index contributed by atoms with van der Waals surface area (Å²) in [6.45, 7) is 5.86. The fraction of sp³-hybridized carbons (Fsp3) is 0.400. The Hall–Kier alpha value is -3.40. The summed E-state index contributed by atoms with van der Waals surface area (Å²) >= 11 is 0. The summed E-state index contributed by atoms with van der Waals surface area (Å²) in [6.07, 6.45) is -0.323. The molecular weight excluding hydrogens is 750 g/mol. The van der Waals surface area contributed by atoms with Crippen molar-refractivity contribution in [3.8, 4) is 0 Å². The van der Waals surface area contributed by atoms with Gasteiger partial charge in [0.1, 0.15) is 0 Å². The van der Waals surface area contributed by atoms with Gasteiger partial charge in [-0.2, -0.15) is 0 Å². The fourth-order valence-corrected chi connectivity index (χ4v) is 0.589. The summed E-state index contributed by atoms with van der Waals surface area (Å²) in [6, 6.07) is 0. The van der Waals surface area contributed by atoms with Crippen LogP contribution < -0.4 is 0 Å². The van der Waals surface area contributed by atoms with E-state index in [2.05, 4.69) is 23.3 Å². The fourth-order valence-electron chi connectivity index (χ4n) is 0.589. The third-order valence-corrected chi connectivity index (χ3v) is 1.19. The van der Waals surface area contributed by atoms with Crippen molar-refractivity contribution in [1.82, 2.24) is 0 Å². The molecule has 0 bridgehead atoms. The molecular formula is C10H14O6Rf2-2. The quantitative estimate of drug-likeness (QED) is 0.206. The van der Waals surface area contributed by atoms with Crippen LogP contribution in [0.3, 0.4) is 0 Å². The number of carbonyl (C=O) groups excluding carboxylic acids is 2. The number of rotatable bonds is 6. The number of aliphatic hydroxyl groups is 2. The molecule has 0 saturated heterocycles. The van der Waals surface area contributed by atoms with E-state index in [-0.39, 0.29) is 13.2 Å². The van der Waals surface area contributed by atoms with Crippen LogP contribution in [0.2, 0.25) is 0 Å². The van der Waals surface area contributed by atoms with Gasteiger partial charge in [-0.1, -0.05) is 0 Å². The Morgan fingerprint density at radius 1 is 0.944 bits per heavy atom. The predicted molar refractivity (Wildman–Crippen MR) is 53.8 cm³/mol. The summed E-state index contributed by atoms with van der Waals surface area (Å²) in [5.41, 5.74) is 0. The van der Waals surface area contributed by atoms with E-state index >= 15 is 0 Å². The molecule has 0 saturated carbocycles. The van der Waals surface area contributed by atoms with Crippen molar-refractivity contribution >= 4 is 11.9 Å². The van der Waals surface area contributed by atoms with E-state index in [1.54, 1.807) is 0 Å². The van der Waals surface area contributed by atoms with E-state index in [1.807, 2.05) is 0 Å². The van der Waals surface area contributed by atoms with Crippen molar-refractivity contribution in [2.24, 2.45) is 0 Å². The van der Waals surface area contributed by atoms with Crippen LogP contribution in [0.15, 0.2) is 12.2 Å². The number of esters is 2. The summed E-state index contributed by atoms with van der Waals surface area (Å²) in [5.74, 6) is -1.59. The molecule has 2 N–H and O–H groups in total. The maximum Gasteiger partial charge on any atom is 0.331 e. The molecule has 18 heavy (non-hydrogen) atoms. The zero-order valence-electron chi connectivity index (χ0n) is 10.1. The van der Waals surface area contributed by atoms with Gasteiger partial charge in [0.15, 0.2) is 0 Å². The minimum Gasteiger partial charge on any atom is -0.463 e. The van der Waals surface area contributed by atoms with Crippen LogP contribution in [0, 0.1) is 13.8 Å². The van der Waals surface area contributed by atoms with Crippen LogP contribution in [-0.4, -0.2) is 47.6 Å². The van der Waals surface area contributed by atoms with Gasteiger partial charge >= 0.3 is 11.9 Å². The monoisotopic (exact) mass is 764 g/mol. The Bertz CT molecular complexity index is 239. The number of carbonyl (C=O) groups is 2. The van der Waals surface area contributed by atoms with Crippen LogP contribution in [0.5, 0.6) is 0 Å². The van der Waals surface area contributed by atoms with Crippen LogP contribution in [-0.2, 0) is 19.1 Å². The topological polar surface area (TPSA) is 93.1 Å². The van der Waals surface area contributed by atoms with Gasteiger partial charge in [-0.3, -0.25) is 0 Å². The molecule has 0 aliphatic heterocycles. The van der Waals surface area contributed by atoms with Gasteiger partial charge in [0.05, 0.1) is 13.2 Å². The van der Waals surface area contributed by atoms with Gasteiger partial charge in [0.25, 0.3) is 0 Å². The maximum absolute atomic E-state index is 10.9. The van der Waals surface area contributed by atoms with Crippen molar-refractivity contribution in [2.75, 3.05) is 13.2 Å². The number of ether oxygens (including phenoxy) is 2. The van der Waals surface area contributed by atoms with E-state index in [9.17, 15) is 9.59 Å². The first kappa shape index (κ1) is 20.1. The van der Waals surface area contributed by atoms with Gasteiger partial charge < -0.3 is 33.5 Å². The standard InChI is InChI=1S/C10H14O6.2Rf/c1-7(11)5-15-9(13)3-4-10(14)16-6-8(2)12;;/h3-4,7-8,11-12H,1-2,5-6H2;;/q-2;;/b4-3-;;. The van der Waals surface area contributed by atoms with Crippen molar-refractivity contribution in [3.63, 3.8) is 0 Å². The van der Waals surface area contributed by atoms with Gasteiger partial charge in [-0.05, 0) is 12.2 Å². The first-order valence-corrected chi connectivity index (χ1v) is 4.45. The van der Waals surface area contributed by atoms with Crippen LogP contribution in [0.25, 0.3) is 0 Å². The molecule has 0 aliphatic carbocycles. The molecule has 0 amide bonds. The van der Waals surface area contributed by atoms with Crippen molar-refractivity contribution in [1.29, 1.82) is 0 Å². The Labute approximate surface area is 93.5 Å². The normalized spacial score (nSPS) is 12.9. The molecule has 0 aromatic heterocycles. The first-order chi connectivity index (χ1) is 7.41. The molecule has 8 heteroatoms. The van der Waals surface area contributed by atoms with Crippen LogP contribution in [0.1, 0.15) is 0 Å². The van der Waals surface area contributed by atoms with E-state index in [0.717, 1.165) is 12.2 Å². The minimum atomic E-state index is -1.01. The molecule has 0 heterocycles. The van der Waals surface area contributed by atoms with Gasteiger partial charge in [0, 0.05) is 12.2 Å². The van der Waals surface area contributed by atoms with E-state index in [0.29, 0.717) is 0 Å². The van der Waals surface area contributed by atoms with Crippen LogP contribution >= 0.6 is 0 Å². The van der Waals surface area contributed by atoms with Crippen molar-refractivity contribution in [3.05, 3.63) is 26.0 Å². The number of hydrogen-bond acceptors (Lipinski definition) is 6. The van der Waals surface area contributed by atoms with Gasteiger partial charge in [-0.15, -0.1) is 0 Å². The van der Waals surface area contributed by atoms with E-state index < -0.39 is 24.1 Å². The third-order valence-electron chi connectivity index (χ3n) is 1.19. The second-order valence-corrected chi connectivity index (χ2v) is 2.90. The molecule has 0 spiro atoms. The first-order valence-electron chi connectivity index (χ1n) is 4.45. The molecule has 0 rings (SSSR count). The second kappa shape index (κ2) is 10.1. The van der Waals surface area contributed by atoms with Crippen molar-refractivity contribution in [2.45, 2.75) is 12.2 Å². The molecule has 96 valence electrons. The summed E-state index contributed by atoms with van der Waals surface area (Å²) < 4.78 is 8.94.